The van der Waals surface area contributed by atoms with Gasteiger partial charge < -0.3 is 5.32 Å². The molecule has 0 saturated carbocycles. The van der Waals surface area contributed by atoms with Gasteiger partial charge in [0.05, 0.1) is 16.9 Å². The van der Waals surface area contributed by atoms with Crippen molar-refractivity contribution in [3.63, 3.8) is 0 Å². The highest BCUT2D eigenvalue weighted by Crippen LogP contribution is 2.24. The molecular formula is C19H13ClN4O. The average molecular weight is 349 g/mol. The minimum atomic E-state index is -0.267. The third kappa shape index (κ3) is 3.09. The second-order valence-corrected chi connectivity index (χ2v) is 5.94. The first kappa shape index (κ1) is 15.4. The fourth-order valence-corrected chi connectivity index (χ4v) is 2.83. The molecule has 0 spiro atoms. The molecule has 4 rings (SSSR count). The molecule has 2 aromatic heterocycles. The zero-order valence-electron chi connectivity index (χ0n) is 13.0. The standard InChI is InChI=1S/C19H13ClN4O/c20-13-5-1-4-12(10-13)17-11-18(24-23-17)19(25)22-16-8-2-7-15-14(16)6-3-9-21-15/h1-11H,(H,22,25)(H,23,24). The molecule has 0 aliphatic carbocycles. The van der Waals surface area contributed by atoms with Gasteiger partial charge in [0.2, 0.25) is 0 Å². The van der Waals surface area contributed by atoms with Gasteiger partial charge in [0.25, 0.3) is 5.91 Å². The Morgan fingerprint density at radius 2 is 1.92 bits per heavy atom. The number of aromatic amines is 1. The van der Waals surface area contributed by atoms with Crippen LogP contribution in [0.2, 0.25) is 5.02 Å². The van der Waals surface area contributed by atoms with Crippen molar-refractivity contribution >= 4 is 34.1 Å². The number of amides is 1. The van der Waals surface area contributed by atoms with E-state index in [1.54, 1.807) is 24.4 Å². The molecule has 0 radical (unpaired) electrons. The number of benzene rings is 2. The van der Waals surface area contributed by atoms with Crippen LogP contribution < -0.4 is 5.32 Å². The third-order valence-corrected chi connectivity index (χ3v) is 4.07. The number of carbonyl (C=O) groups is 1. The molecule has 122 valence electrons. The number of fused-ring (bicyclic) bond motifs is 1. The van der Waals surface area contributed by atoms with Crippen LogP contribution in [0.15, 0.2) is 66.9 Å². The summed E-state index contributed by atoms with van der Waals surface area (Å²) in [5.74, 6) is -0.267. The number of rotatable bonds is 3. The fraction of sp³-hybridized carbons (Fsp3) is 0. The molecule has 5 nitrogen and oxygen atoms in total. The van der Waals surface area contributed by atoms with Crippen LogP contribution in [0.4, 0.5) is 5.69 Å². The first-order valence-electron chi connectivity index (χ1n) is 7.67. The highest BCUT2D eigenvalue weighted by Gasteiger charge is 2.13. The number of halogens is 1. The minimum absolute atomic E-state index is 0.267. The molecule has 0 aliphatic heterocycles. The van der Waals surface area contributed by atoms with Crippen LogP contribution in [0.3, 0.4) is 0 Å². The van der Waals surface area contributed by atoms with Gasteiger partial charge >= 0.3 is 0 Å². The van der Waals surface area contributed by atoms with E-state index in [9.17, 15) is 4.79 Å². The summed E-state index contributed by atoms with van der Waals surface area (Å²) in [6.45, 7) is 0. The van der Waals surface area contributed by atoms with Crippen molar-refractivity contribution in [2.24, 2.45) is 0 Å². The maximum absolute atomic E-state index is 12.5. The molecule has 1 amide bonds. The second kappa shape index (κ2) is 6.37. The van der Waals surface area contributed by atoms with E-state index in [1.807, 2.05) is 42.5 Å². The van der Waals surface area contributed by atoms with Crippen LogP contribution >= 0.6 is 11.6 Å². The van der Waals surface area contributed by atoms with Gasteiger partial charge in [-0.1, -0.05) is 29.8 Å². The summed E-state index contributed by atoms with van der Waals surface area (Å²) in [5.41, 5.74) is 3.40. The van der Waals surface area contributed by atoms with E-state index in [4.69, 9.17) is 11.6 Å². The number of nitrogens with zero attached hydrogens (tertiary/aromatic N) is 2. The molecular weight excluding hydrogens is 336 g/mol. The Hall–Kier alpha value is -3.18. The summed E-state index contributed by atoms with van der Waals surface area (Å²) in [6.07, 6.45) is 1.72. The lowest BCUT2D eigenvalue weighted by Crippen LogP contribution is -2.12. The number of pyridine rings is 1. The zero-order chi connectivity index (χ0) is 17.2. The summed E-state index contributed by atoms with van der Waals surface area (Å²) in [7, 11) is 0. The average Bonchev–Trinajstić information content (AvgIpc) is 3.12. The minimum Gasteiger partial charge on any atom is -0.320 e. The summed E-state index contributed by atoms with van der Waals surface area (Å²) in [5, 5.41) is 11.4. The van der Waals surface area contributed by atoms with Crippen LogP contribution in [0.25, 0.3) is 22.2 Å². The molecule has 4 aromatic rings. The van der Waals surface area contributed by atoms with Crippen LogP contribution in [-0.4, -0.2) is 21.1 Å². The molecule has 0 fully saturated rings. The van der Waals surface area contributed by atoms with Crippen LogP contribution in [0.5, 0.6) is 0 Å². The SMILES string of the molecule is O=C(Nc1cccc2ncccc12)c1cc(-c2cccc(Cl)c2)n[nH]1. The van der Waals surface area contributed by atoms with Crippen molar-refractivity contribution in [3.05, 3.63) is 77.6 Å². The molecule has 0 bridgehead atoms. The number of aromatic nitrogens is 3. The van der Waals surface area contributed by atoms with E-state index in [0.717, 1.165) is 16.5 Å². The molecule has 0 saturated heterocycles. The number of H-pyrrole nitrogens is 1. The van der Waals surface area contributed by atoms with Gasteiger partial charge in [-0.25, -0.2) is 0 Å². The van der Waals surface area contributed by atoms with Crippen molar-refractivity contribution in [2.75, 3.05) is 5.32 Å². The van der Waals surface area contributed by atoms with E-state index < -0.39 is 0 Å². The smallest absolute Gasteiger partial charge is 0.273 e. The Morgan fingerprint density at radius 1 is 1.04 bits per heavy atom. The fourth-order valence-electron chi connectivity index (χ4n) is 2.64. The van der Waals surface area contributed by atoms with E-state index in [0.29, 0.717) is 22.1 Å². The summed E-state index contributed by atoms with van der Waals surface area (Å²) < 4.78 is 0. The zero-order valence-corrected chi connectivity index (χ0v) is 13.8. The van der Waals surface area contributed by atoms with Gasteiger partial charge in [-0.15, -0.1) is 0 Å². The maximum Gasteiger partial charge on any atom is 0.273 e. The van der Waals surface area contributed by atoms with E-state index in [2.05, 4.69) is 20.5 Å². The van der Waals surface area contributed by atoms with Gasteiger partial charge in [0.1, 0.15) is 5.69 Å². The summed E-state index contributed by atoms with van der Waals surface area (Å²) in [4.78, 5) is 16.8. The van der Waals surface area contributed by atoms with Gasteiger partial charge in [-0.05, 0) is 42.5 Å². The highest BCUT2D eigenvalue weighted by molar-refractivity contribution is 6.30. The Morgan fingerprint density at radius 3 is 2.80 bits per heavy atom. The molecule has 6 heteroatoms. The quantitative estimate of drug-likeness (QED) is 0.571. The van der Waals surface area contributed by atoms with E-state index >= 15 is 0 Å². The van der Waals surface area contributed by atoms with Gasteiger partial charge in [0.15, 0.2) is 0 Å². The van der Waals surface area contributed by atoms with Crippen molar-refractivity contribution < 1.29 is 4.79 Å². The van der Waals surface area contributed by atoms with Crippen molar-refractivity contribution in [1.29, 1.82) is 0 Å². The van der Waals surface area contributed by atoms with Gasteiger partial charge in [-0.3, -0.25) is 14.9 Å². The van der Waals surface area contributed by atoms with Crippen molar-refractivity contribution in [3.8, 4) is 11.3 Å². The number of hydrogen-bond donors (Lipinski definition) is 2. The Labute approximate surface area is 148 Å². The monoisotopic (exact) mass is 348 g/mol. The maximum atomic E-state index is 12.5. The largest absolute Gasteiger partial charge is 0.320 e. The van der Waals surface area contributed by atoms with Gasteiger partial charge in [0, 0.05) is 22.2 Å². The molecule has 0 unspecified atom stereocenters. The van der Waals surface area contributed by atoms with Crippen molar-refractivity contribution in [2.45, 2.75) is 0 Å². The second-order valence-electron chi connectivity index (χ2n) is 5.51. The third-order valence-electron chi connectivity index (χ3n) is 3.84. The molecule has 0 atom stereocenters. The summed E-state index contributed by atoms with van der Waals surface area (Å²) in [6, 6.07) is 18.4. The first-order valence-corrected chi connectivity index (χ1v) is 8.05. The highest BCUT2D eigenvalue weighted by atomic mass is 35.5. The number of nitrogens with one attached hydrogen (secondary N) is 2. The predicted octanol–water partition coefficient (Wildman–Crippen LogP) is 4.53. The lowest BCUT2D eigenvalue weighted by molar-refractivity contribution is 0.102. The lowest BCUT2D eigenvalue weighted by Gasteiger charge is -2.06. The lowest BCUT2D eigenvalue weighted by atomic mass is 10.1. The number of hydrogen-bond acceptors (Lipinski definition) is 3. The van der Waals surface area contributed by atoms with E-state index in [-0.39, 0.29) is 5.91 Å². The van der Waals surface area contributed by atoms with Crippen LogP contribution in [-0.2, 0) is 0 Å². The Kier molecular flexibility index (Phi) is 3.91. The molecule has 2 heterocycles. The predicted molar refractivity (Wildman–Crippen MR) is 98.7 cm³/mol. The van der Waals surface area contributed by atoms with Crippen LogP contribution in [0.1, 0.15) is 10.5 Å². The normalized spacial score (nSPS) is 10.8. The molecule has 2 aromatic carbocycles. The topological polar surface area (TPSA) is 70.7 Å². The summed E-state index contributed by atoms with van der Waals surface area (Å²) >= 11 is 6.00. The number of carbonyl (C=O) groups excluding carboxylic acids is 1. The molecule has 0 aliphatic rings. The first-order chi connectivity index (χ1) is 12.2. The Balaban J connectivity index is 1.61. The molecule has 25 heavy (non-hydrogen) atoms. The van der Waals surface area contributed by atoms with Gasteiger partial charge in [-0.2, -0.15) is 5.10 Å². The Bertz CT molecular complexity index is 1070. The number of anilines is 1. The van der Waals surface area contributed by atoms with E-state index in [1.165, 1.54) is 0 Å². The van der Waals surface area contributed by atoms with Crippen LogP contribution in [0, 0.1) is 0 Å². The van der Waals surface area contributed by atoms with Crippen molar-refractivity contribution in [1.82, 2.24) is 15.2 Å². The molecule has 2 N–H and O–H groups in total.